The van der Waals surface area contributed by atoms with Crippen LogP contribution in [-0.2, 0) is 0 Å². The Labute approximate surface area is 260 Å². The third-order valence-corrected chi connectivity index (χ3v) is 10.1. The van der Waals surface area contributed by atoms with Crippen molar-refractivity contribution in [3.63, 3.8) is 0 Å². The van der Waals surface area contributed by atoms with Crippen molar-refractivity contribution in [3.05, 3.63) is 161 Å². The summed E-state index contributed by atoms with van der Waals surface area (Å²) < 4.78 is 6.53. The van der Waals surface area contributed by atoms with Crippen LogP contribution in [0.2, 0.25) is 0 Å². The fraction of sp³-hybridized carbons (Fsp3) is 0.0750. The number of amidine groups is 1. The highest BCUT2D eigenvalue weighted by Crippen LogP contribution is 2.52. The van der Waals surface area contributed by atoms with E-state index >= 15 is 0 Å². The van der Waals surface area contributed by atoms with Gasteiger partial charge in [-0.3, -0.25) is 0 Å². The molecule has 0 saturated heterocycles. The lowest BCUT2D eigenvalue weighted by molar-refractivity contribution is 0.668. The molecule has 1 aromatic heterocycles. The van der Waals surface area contributed by atoms with Crippen LogP contribution in [0.1, 0.15) is 23.6 Å². The zero-order valence-corrected chi connectivity index (χ0v) is 24.7. The van der Waals surface area contributed by atoms with E-state index in [0.29, 0.717) is 0 Å². The van der Waals surface area contributed by atoms with E-state index in [-0.39, 0.29) is 12.0 Å². The summed E-state index contributed by atoms with van der Waals surface area (Å²) in [5.74, 6) is 1.16. The molecular formula is C40H28N2OS. The van der Waals surface area contributed by atoms with E-state index in [9.17, 15) is 0 Å². The minimum atomic E-state index is 0.0925. The van der Waals surface area contributed by atoms with Gasteiger partial charge < -0.3 is 9.73 Å². The number of nitrogens with zero attached hydrogens (tertiary/aromatic N) is 1. The largest absolute Gasteiger partial charge is 0.456 e. The van der Waals surface area contributed by atoms with Gasteiger partial charge in [-0.15, -0.1) is 0 Å². The molecule has 0 fully saturated rings. The summed E-state index contributed by atoms with van der Waals surface area (Å²) in [6.45, 7) is 0. The predicted octanol–water partition coefficient (Wildman–Crippen LogP) is 10.5. The van der Waals surface area contributed by atoms with E-state index in [0.717, 1.165) is 51.0 Å². The van der Waals surface area contributed by atoms with Crippen LogP contribution in [-0.4, -0.2) is 5.84 Å². The summed E-state index contributed by atoms with van der Waals surface area (Å²) in [6, 6.07) is 40.9. The summed E-state index contributed by atoms with van der Waals surface area (Å²) >= 11 is 1.86. The Bertz CT molecular complexity index is 2220. The van der Waals surface area contributed by atoms with Crippen LogP contribution >= 0.6 is 11.8 Å². The highest BCUT2D eigenvalue weighted by atomic mass is 32.2. The minimum absolute atomic E-state index is 0.0925. The standard InChI is InChI=1S/C40H28N2OS/c1-3-11-25(12-4-1)27-15-9-16-28(23-27)29-21-22-30-34(24-29)43-33-19-10-18-32(36(30)33)40-41-37(26-13-5-2-6-14-26)39-38(42-40)31-17-7-8-20-35(31)44-39/h1-13,15-24,26,38H,14H2,(H,41,42). The predicted molar refractivity (Wildman–Crippen MR) is 183 cm³/mol. The fourth-order valence-corrected chi connectivity index (χ4v) is 8.01. The van der Waals surface area contributed by atoms with Crippen LogP contribution in [0.25, 0.3) is 44.2 Å². The molecule has 0 radical (unpaired) electrons. The quantitative estimate of drug-likeness (QED) is 0.224. The van der Waals surface area contributed by atoms with Crippen LogP contribution < -0.4 is 5.32 Å². The zero-order valence-electron chi connectivity index (χ0n) is 23.9. The summed E-state index contributed by atoms with van der Waals surface area (Å²) in [7, 11) is 0. The third-order valence-electron chi connectivity index (χ3n) is 8.86. The van der Waals surface area contributed by atoms with Gasteiger partial charge in [-0.05, 0) is 64.6 Å². The number of hydrogen-bond donors (Lipinski definition) is 1. The molecular weight excluding hydrogens is 557 g/mol. The molecule has 210 valence electrons. The molecule has 44 heavy (non-hydrogen) atoms. The molecule has 3 aliphatic rings. The Morgan fingerprint density at radius 1 is 0.705 bits per heavy atom. The third kappa shape index (κ3) is 4.17. The molecule has 2 unspecified atom stereocenters. The molecule has 9 rings (SSSR count). The number of allylic oxidation sites excluding steroid dienone is 4. The molecule has 3 heterocycles. The summed E-state index contributed by atoms with van der Waals surface area (Å²) in [4.78, 5) is 8.00. The van der Waals surface area contributed by atoms with E-state index < -0.39 is 0 Å². The monoisotopic (exact) mass is 584 g/mol. The summed E-state index contributed by atoms with van der Waals surface area (Å²) in [6.07, 6.45) is 9.78. The number of thioether (sulfide) groups is 1. The van der Waals surface area contributed by atoms with Crippen LogP contribution in [0.15, 0.2) is 164 Å². The number of benzene rings is 5. The second-order valence-electron chi connectivity index (χ2n) is 11.5. The van der Waals surface area contributed by atoms with E-state index in [2.05, 4.69) is 145 Å². The lowest BCUT2D eigenvalue weighted by Crippen LogP contribution is -2.33. The first kappa shape index (κ1) is 25.4. The van der Waals surface area contributed by atoms with E-state index in [4.69, 9.17) is 9.41 Å². The maximum absolute atomic E-state index is 6.53. The van der Waals surface area contributed by atoms with E-state index in [1.807, 2.05) is 11.8 Å². The zero-order chi connectivity index (χ0) is 29.0. The Hall–Kier alpha value is -5.06. The smallest absolute Gasteiger partial charge is 0.136 e. The van der Waals surface area contributed by atoms with Crippen molar-refractivity contribution in [3.8, 4) is 22.3 Å². The molecule has 0 spiro atoms. The second-order valence-corrected chi connectivity index (χ2v) is 12.6. The van der Waals surface area contributed by atoms with Gasteiger partial charge in [0.05, 0.1) is 11.7 Å². The molecule has 1 N–H and O–H groups in total. The Morgan fingerprint density at radius 2 is 1.50 bits per heavy atom. The topological polar surface area (TPSA) is 37.5 Å². The lowest BCUT2D eigenvalue weighted by Gasteiger charge is -2.28. The molecule has 2 aliphatic heterocycles. The first-order chi connectivity index (χ1) is 21.8. The van der Waals surface area contributed by atoms with Gasteiger partial charge in [0.25, 0.3) is 0 Å². The molecule has 2 atom stereocenters. The maximum atomic E-state index is 6.53. The fourth-order valence-electron chi connectivity index (χ4n) is 6.72. The maximum Gasteiger partial charge on any atom is 0.136 e. The van der Waals surface area contributed by atoms with Crippen molar-refractivity contribution in [2.45, 2.75) is 17.4 Å². The van der Waals surface area contributed by atoms with Crippen LogP contribution in [0, 0.1) is 5.92 Å². The van der Waals surface area contributed by atoms with E-state index in [1.165, 1.54) is 32.1 Å². The molecule has 5 aromatic carbocycles. The van der Waals surface area contributed by atoms with Gasteiger partial charge in [-0.1, -0.05) is 121 Å². The number of rotatable bonds is 4. The molecule has 0 bridgehead atoms. The van der Waals surface area contributed by atoms with Crippen molar-refractivity contribution in [1.29, 1.82) is 0 Å². The molecule has 6 aromatic rings. The van der Waals surface area contributed by atoms with Crippen molar-refractivity contribution in [2.75, 3.05) is 0 Å². The first-order valence-electron chi connectivity index (χ1n) is 15.1. The van der Waals surface area contributed by atoms with Crippen LogP contribution in [0.4, 0.5) is 0 Å². The molecule has 0 saturated carbocycles. The molecule has 1 aliphatic carbocycles. The molecule has 4 heteroatoms. The average molecular weight is 585 g/mol. The second kappa shape index (κ2) is 10.3. The first-order valence-corrected chi connectivity index (χ1v) is 15.9. The number of hydrogen-bond acceptors (Lipinski definition) is 4. The number of furan rings is 1. The van der Waals surface area contributed by atoms with Gasteiger partial charge in [0.2, 0.25) is 0 Å². The van der Waals surface area contributed by atoms with Crippen LogP contribution in [0.3, 0.4) is 0 Å². The highest BCUT2D eigenvalue weighted by Gasteiger charge is 2.36. The van der Waals surface area contributed by atoms with Gasteiger partial charge in [-0.2, -0.15) is 0 Å². The number of nitrogens with one attached hydrogen (secondary N) is 1. The number of aliphatic imine (C=N–C) groups is 1. The van der Waals surface area contributed by atoms with Gasteiger partial charge >= 0.3 is 0 Å². The SMILES string of the molecule is C1=CCC(C2=C3Sc4ccccc4C3NC(c3cccc4oc5cc(-c6cccc(-c7ccccc7)c6)ccc5c34)=N2)C=C1. The Kier molecular flexibility index (Phi) is 5.95. The summed E-state index contributed by atoms with van der Waals surface area (Å²) in [5.41, 5.74) is 10.0. The normalized spacial score (nSPS) is 18.8. The molecule has 0 amide bonds. The van der Waals surface area contributed by atoms with Gasteiger partial charge in [0.15, 0.2) is 0 Å². The van der Waals surface area contributed by atoms with Crippen molar-refractivity contribution in [2.24, 2.45) is 10.9 Å². The van der Waals surface area contributed by atoms with Gasteiger partial charge in [0.1, 0.15) is 17.0 Å². The van der Waals surface area contributed by atoms with E-state index in [1.54, 1.807) is 0 Å². The highest BCUT2D eigenvalue weighted by molar-refractivity contribution is 8.03. The minimum Gasteiger partial charge on any atom is -0.456 e. The van der Waals surface area contributed by atoms with Crippen molar-refractivity contribution >= 4 is 39.5 Å². The summed E-state index contributed by atoms with van der Waals surface area (Å²) in [5, 5.41) is 6.04. The van der Waals surface area contributed by atoms with Crippen molar-refractivity contribution < 1.29 is 4.42 Å². The van der Waals surface area contributed by atoms with Crippen LogP contribution in [0.5, 0.6) is 0 Å². The Balaban J connectivity index is 1.16. The number of fused-ring (bicyclic) bond motifs is 6. The van der Waals surface area contributed by atoms with Gasteiger partial charge in [0, 0.05) is 32.1 Å². The lowest BCUT2D eigenvalue weighted by atomic mass is 9.92. The average Bonchev–Trinajstić information content (AvgIpc) is 3.67. The Morgan fingerprint density at radius 3 is 2.39 bits per heavy atom. The van der Waals surface area contributed by atoms with Gasteiger partial charge in [-0.25, -0.2) is 4.99 Å². The van der Waals surface area contributed by atoms with Crippen molar-refractivity contribution in [1.82, 2.24) is 5.32 Å². The molecule has 3 nitrogen and oxygen atoms in total.